The molecule has 0 aliphatic heterocycles. The number of hydrogen-bond acceptors (Lipinski definition) is 5. The molecule has 2 aromatic rings. The number of carbonyl (C=O) groups is 2. The number of carboxylic acid groups (broad SMARTS) is 1. The lowest BCUT2D eigenvalue weighted by Crippen LogP contribution is -2.36. The Bertz CT molecular complexity index is 789. The molecule has 0 radical (unpaired) electrons. The lowest BCUT2D eigenvalue weighted by Gasteiger charge is -2.20. The van der Waals surface area contributed by atoms with Crippen LogP contribution in [0.2, 0.25) is 0 Å². The molecule has 0 aliphatic rings. The molecule has 0 fully saturated rings. The maximum Gasteiger partial charge on any atom is 0.471 e. The summed E-state index contributed by atoms with van der Waals surface area (Å²) in [5.41, 5.74) is 0.642. The van der Waals surface area contributed by atoms with Gasteiger partial charge in [0.1, 0.15) is 0 Å². The molecule has 140 valence electrons. The summed E-state index contributed by atoms with van der Waals surface area (Å²) in [6, 6.07) is 5.21. The number of alkyl halides is 3. The Morgan fingerprint density at radius 2 is 1.92 bits per heavy atom. The average molecular weight is 372 g/mol. The molecule has 11 heteroatoms. The van der Waals surface area contributed by atoms with Gasteiger partial charge in [-0.15, -0.1) is 0 Å². The van der Waals surface area contributed by atoms with Gasteiger partial charge in [0.25, 0.3) is 0 Å². The second kappa shape index (κ2) is 7.42. The summed E-state index contributed by atoms with van der Waals surface area (Å²) in [5, 5.41) is 14.7. The number of benzene rings is 1. The van der Waals surface area contributed by atoms with Crippen molar-refractivity contribution < 1.29 is 32.4 Å². The first-order valence-electron chi connectivity index (χ1n) is 7.34. The first kappa shape index (κ1) is 19.2. The molecule has 2 amide bonds. The summed E-state index contributed by atoms with van der Waals surface area (Å²) in [4.78, 5) is 27.3. The number of nitrogens with one attached hydrogen (secondary N) is 1. The van der Waals surface area contributed by atoms with Crippen molar-refractivity contribution in [3.63, 3.8) is 0 Å². The van der Waals surface area contributed by atoms with E-state index >= 15 is 0 Å². The molecule has 0 saturated heterocycles. The number of urea groups is 1. The molecule has 1 aromatic carbocycles. The molecule has 1 unspecified atom stereocenters. The van der Waals surface area contributed by atoms with Crippen molar-refractivity contribution in [2.45, 2.75) is 13.1 Å². The fraction of sp³-hybridized carbons (Fsp3) is 0.333. The largest absolute Gasteiger partial charge is 0.481 e. The van der Waals surface area contributed by atoms with Crippen molar-refractivity contribution in [2.24, 2.45) is 5.92 Å². The quantitative estimate of drug-likeness (QED) is 0.835. The average Bonchev–Trinajstić information content (AvgIpc) is 3.05. The highest BCUT2D eigenvalue weighted by atomic mass is 19.4. The summed E-state index contributed by atoms with van der Waals surface area (Å²) in [6.45, 7) is 1.49. The van der Waals surface area contributed by atoms with Gasteiger partial charge in [-0.2, -0.15) is 18.2 Å². The van der Waals surface area contributed by atoms with E-state index in [4.69, 9.17) is 5.11 Å². The smallest absolute Gasteiger partial charge is 0.471 e. The van der Waals surface area contributed by atoms with Crippen LogP contribution in [-0.4, -0.2) is 45.7 Å². The van der Waals surface area contributed by atoms with Crippen molar-refractivity contribution in [1.82, 2.24) is 15.0 Å². The molecule has 2 rings (SSSR count). The Kier molecular flexibility index (Phi) is 5.48. The highest BCUT2D eigenvalue weighted by Gasteiger charge is 2.38. The molecule has 26 heavy (non-hydrogen) atoms. The molecule has 0 spiro atoms. The topological polar surface area (TPSA) is 109 Å². The normalized spacial score (nSPS) is 12.5. The second-order valence-corrected chi connectivity index (χ2v) is 5.55. The highest BCUT2D eigenvalue weighted by Crippen LogP contribution is 2.29. The Hall–Kier alpha value is -3.11. The van der Waals surface area contributed by atoms with Gasteiger partial charge < -0.3 is 19.8 Å². The van der Waals surface area contributed by atoms with Crippen LogP contribution in [0.4, 0.5) is 23.7 Å². The number of carbonyl (C=O) groups excluding carboxylic acids is 1. The number of nitrogens with zero attached hydrogens (tertiary/aromatic N) is 3. The number of aromatic nitrogens is 2. The number of carboxylic acids is 1. The number of amides is 2. The Balaban J connectivity index is 2.02. The van der Waals surface area contributed by atoms with Gasteiger partial charge in [0, 0.05) is 24.8 Å². The van der Waals surface area contributed by atoms with Crippen molar-refractivity contribution in [3.05, 3.63) is 30.2 Å². The standard InChI is InChI=1S/C15H15F3N4O4/c1-8(12(23)24)7-22(2)14(25)19-10-5-3-9(4-6-10)11-20-13(26-21-11)15(16,17)18/h3-6,8H,7H2,1-2H3,(H,19,25)(H,23,24). The molecule has 8 nitrogen and oxygen atoms in total. The third-order valence-corrected chi connectivity index (χ3v) is 3.38. The SMILES string of the molecule is CC(CN(C)C(=O)Nc1ccc(-c2noc(C(F)(F)F)n2)cc1)C(=O)O. The van der Waals surface area contributed by atoms with Crippen LogP contribution in [-0.2, 0) is 11.0 Å². The molecule has 1 heterocycles. The van der Waals surface area contributed by atoms with Crippen LogP contribution >= 0.6 is 0 Å². The van der Waals surface area contributed by atoms with Gasteiger partial charge in [-0.3, -0.25) is 4.79 Å². The van der Waals surface area contributed by atoms with Crippen LogP contribution in [0, 0.1) is 5.92 Å². The van der Waals surface area contributed by atoms with Crippen LogP contribution in [0.15, 0.2) is 28.8 Å². The lowest BCUT2D eigenvalue weighted by molar-refractivity contribution is -0.159. The Labute approximate surface area is 145 Å². The van der Waals surface area contributed by atoms with Gasteiger partial charge in [0.2, 0.25) is 5.82 Å². The molecule has 2 N–H and O–H groups in total. The van der Waals surface area contributed by atoms with Crippen LogP contribution in [0.5, 0.6) is 0 Å². The molecule has 0 saturated carbocycles. The fourth-order valence-electron chi connectivity index (χ4n) is 1.95. The minimum Gasteiger partial charge on any atom is -0.481 e. The van der Waals surface area contributed by atoms with Crippen molar-refractivity contribution in [1.29, 1.82) is 0 Å². The molecular weight excluding hydrogens is 357 g/mol. The van der Waals surface area contributed by atoms with Crippen LogP contribution < -0.4 is 5.32 Å². The van der Waals surface area contributed by atoms with E-state index in [1.807, 2.05) is 0 Å². The number of halogens is 3. The van der Waals surface area contributed by atoms with Crippen LogP contribution in [0.3, 0.4) is 0 Å². The molecule has 0 bridgehead atoms. The fourth-order valence-corrected chi connectivity index (χ4v) is 1.95. The minimum absolute atomic E-state index is 0.0162. The number of aliphatic carboxylic acids is 1. The summed E-state index contributed by atoms with van der Waals surface area (Å²) in [5.74, 6) is -3.43. The predicted octanol–water partition coefficient (Wildman–Crippen LogP) is 2.94. The van der Waals surface area contributed by atoms with Gasteiger partial charge >= 0.3 is 24.1 Å². The van der Waals surface area contributed by atoms with E-state index in [0.29, 0.717) is 5.69 Å². The summed E-state index contributed by atoms with van der Waals surface area (Å²) in [7, 11) is 1.45. The zero-order chi connectivity index (χ0) is 19.5. The Morgan fingerprint density at radius 3 is 2.42 bits per heavy atom. The minimum atomic E-state index is -4.73. The van der Waals surface area contributed by atoms with E-state index in [1.165, 1.54) is 43.1 Å². The van der Waals surface area contributed by atoms with E-state index in [2.05, 4.69) is 20.0 Å². The van der Waals surface area contributed by atoms with Gasteiger partial charge in [0.15, 0.2) is 0 Å². The van der Waals surface area contributed by atoms with E-state index in [1.54, 1.807) is 0 Å². The van der Waals surface area contributed by atoms with Crippen molar-refractivity contribution in [3.8, 4) is 11.4 Å². The zero-order valence-corrected chi connectivity index (χ0v) is 13.7. The van der Waals surface area contributed by atoms with Crippen LogP contribution in [0.1, 0.15) is 12.8 Å². The van der Waals surface area contributed by atoms with E-state index in [-0.39, 0.29) is 17.9 Å². The molecular formula is C15H15F3N4O4. The zero-order valence-electron chi connectivity index (χ0n) is 13.7. The summed E-state index contributed by atoms with van der Waals surface area (Å²) in [6.07, 6.45) is -4.73. The second-order valence-electron chi connectivity index (χ2n) is 5.55. The van der Waals surface area contributed by atoms with Crippen molar-refractivity contribution >= 4 is 17.7 Å². The molecule has 0 aliphatic carbocycles. The van der Waals surface area contributed by atoms with E-state index in [0.717, 1.165) is 0 Å². The van der Waals surface area contributed by atoms with Gasteiger partial charge in [-0.1, -0.05) is 12.1 Å². The number of rotatable bonds is 5. The summed E-state index contributed by atoms with van der Waals surface area (Å²) < 4.78 is 41.5. The summed E-state index contributed by atoms with van der Waals surface area (Å²) >= 11 is 0. The Morgan fingerprint density at radius 1 is 1.31 bits per heavy atom. The molecule has 1 atom stereocenters. The van der Waals surface area contributed by atoms with Gasteiger partial charge in [0.05, 0.1) is 5.92 Å². The van der Waals surface area contributed by atoms with Crippen LogP contribution in [0.25, 0.3) is 11.4 Å². The third kappa shape index (κ3) is 4.71. The van der Waals surface area contributed by atoms with E-state index < -0.39 is 30.0 Å². The lowest BCUT2D eigenvalue weighted by atomic mass is 10.2. The van der Waals surface area contributed by atoms with Gasteiger partial charge in [-0.05, 0) is 24.3 Å². The maximum absolute atomic E-state index is 12.5. The first-order chi connectivity index (χ1) is 12.1. The number of hydrogen-bond donors (Lipinski definition) is 2. The van der Waals surface area contributed by atoms with E-state index in [9.17, 15) is 22.8 Å². The van der Waals surface area contributed by atoms with Gasteiger partial charge in [-0.25, -0.2) is 4.79 Å². The predicted molar refractivity (Wildman–Crippen MR) is 83.2 cm³/mol. The third-order valence-electron chi connectivity index (χ3n) is 3.38. The highest BCUT2D eigenvalue weighted by molar-refractivity contribution is 5.89. The molecule has 1 aromatic heterocycles. The van der Waals surface area contributed by atoms with Crippen molar-refractivity contribution in [2.75, 3.05) is 18.9 Å². The first-order valence-corrected chi connectivity index (χ1v) is 7.34. The maximum atomic E-state index is 12.5. The number of anilines is 1. The monoisotopic (exact) mass is 372 g/mol.